The molecule has 114 valence electrons. The van der Waals surface area contributed by atoms with Gasteiger partial charge in [0.25, 0.3) is 11.7 Å². The molecule has 21 heavy (non-hydrogen) atoms. The fourth-order valence-electron chi connectivity index (χ4n) is 1.93. The standard InChI is InChI=1S/C14H21N5O2/c1-10-5-8-16-13-17-11(18-19(10)13)12(21)15-7-4-6-14(2,3)9-20/h5,8,20H,4,6-7,9H2,1-3H3,(H,15,21). The minimum absolute atomic E-state index is 0.118. The van der Waals surface area contributed by atoms with E-state index in [9.17, 15) is 9.90 Å². The van der Waals surface area contributed by atoms with Gasteiger partial charge < -0.3 is 10.4 Å². The van der Waals surface area contributed by atoms with Crippen LogP contribution in [0, 0.1) is 12.3 Å². The van der Waals surface area contributed by atoms with Crippen LogP contribution in [0.25, 0.3) is 5.78 Å². The van der Waals surface area contributed by atoms with Crippen LogP contribution in [0.2, 0.25) is 0 Å². The van der Waals surface area contributed by atoms with Crippen molar-refractivity contribution in [1.82, 2.24) is 24.9 Å². The molecule has 2 aromatic rings. The van der Waals surface area contributed by atoms with Gasteiger partial charge in [-0.15, -0.1) is 5.10 Å². The third-order valence-corrected chi connectivity index (χ3v) is 3.38. The highest BCUT2D eigenvalue weighted by molar-refractivity contribution is 5.90. The van der Waals surface area contributed by atoms with Crippen LogP contribution >= 0.6 is 0 Å². The van der Waals surface area contributed by atoms with E-state index in [-0.39, 0.29) is 23.8 Å². The number of aryl methyl sites for hydroxylation is 1. The summed E-state index contributed by atoms with van der Waals surface area (Å²) in [5.74, 6) is 0.237. The van der Waals surface area contributed by atoms with Crippen molar-refractivity contribution in [1.29, 1.82) is 0 Å². The number of fused-ring (bicyclic) bond motifs is 1. The zero-order chi connectivity index (χ0) is 15.5. The molecular weight excluding hydrogens is 270 g/mol. The smallest absolute Gasteiger partial charge is 0.291 e. The van der Waals surface area contributed by atoms with Crippen molar-refractivity contribution in [3.63, 3.8) is 0 Å². The predicted octanol–water partition coefficient (Wildman–Crippen LogP) is 0.961. The summed E-state index contributed by atoms with van der Waals surface area (Å²) in [4.78, 5) is 20.2. The van der Waals surface area contributed by atoms with Gasteiger partial charge in [0.1, 0.15) is 0 Å². The summed E-state index contributed by atoms with van der Waals surface area (Å²) in [5, 5.41) is 16.1. The Hall–Kier alpha value is -2.02. The Bertz CT molecular complexity index is 635. The molecule has 0 aliphatic rings. The lowest BCUT2D eigenvalue weighted by Gasteiger charge is -2.20. The van der Waals surface area contributed by atoms with Crippen molar-refractivity contribution < 1.29 is 9.90 Å². The van der Waals surface area contributed by atoms with Gasteiger partial charge in [-0.2, -0.15) is 4.98 Å². The number of aromatic nitrogens is 4. The summed E-state index contributed by atoms with van der Waals surface area (Å²) in [6.07, 6.45) is 3.27. The molecule has 0 saturated heterocycles. The zero-order valence-electron chi connectivity index (χ0n) is 12.6. The second-order valence-corrected chi connectivity index (χ2v) is 5.92. The molecular formula is C14H21N5O2. The Morgan fingerprint density at radius 1 is 1.48 bits per heavy atom. The largest absolute Gasteiger partial charge is 0.396 e. The van der Waals surface area contributed by atoms with Crippen LogP contribution in [0.5, 0.6) is 0 Å². The second-order valence-electron chi connectivity index (χ2n) is 5.92. The minimum atomic E-state index is -0.304. The average Bonchev–Trinajstić information content (AvgIpc) is 2.89. The van der Waals surface area contributed by atoms with Crippen molar-refractivity contribution >= 4 is 11.7 Å². The summed E-state index contributed by atoms with van der Waals surface area (Å²) in [6, 6.07) is 1.81. The van der Waals surface area contributed by atoms with E-state index in [4.69, 9.17) is 0 Å². The van der Waals surface area contributed by atoms with Crippen molar-refractivity contribution in [2.45, 2.75) is 33.6 Å². The molecule has 0 aromatic carbocycles. The molecule has 7 nitrogen and oxygen atoms in total. The minimum Gasteiger partial charge on any atom is -0.396 e. The molecule has 2 N–H and O–H groups in total. The van der Waals surface area contributed by atoms with E-state index in [2.05, 4.69) is 20.4 Å². The van der Waals surface area contributed by atoms with Crippen molar-refractivity contribution in [2.75, 3.05) is 13.2 Å². The number of nitrogens with one attached hydrogen (secondary N) is 1. The van der Waals surface area contributed by atoms with Gasteiger partial charge in [0.15, 0.2) is 0 Å². The summed E-state index contributed by atoms with van der Waals surface area (Å²) < 4.78 is 1.55. The lowest BCUT2D eigenvalue weighted by Crippen LogP contribution is -2.27. The van der Waals surface area contributed by atoms with Gasteiger partial charge in [-0.05, 0) is 31.2 Å². The molecule has 2 heterocycles. The fraction of sp³-hybridized carbons (Fsp3) is 0.571. The average molecular weight is 291 g/mol. The van der Waals surface area contributed by atoms with Gasteiger partial charge in [-0.25, -0.2) is 9.50 Å². The molecule has 0 spiro atoms. The van der Waals surface area contributed by atoms with E-state index in [1.54, 1.807) is 16.8 Å². The first-order valence-corrected chi connectivity index (χ1v) is 7.00. The van der Waals surface area contributed by atoms with Gasteiger partial charge in [0, 0.05) is 25.0 Å². The lowest BCUT2D eigenvalue weighted by molar-refractivity contribution is 0.0938. The third-order valence-electron chi connectivity index (χ3n) is 3.38. The molecule has 0 unspecified atom stereocenters. The van der Waals surface area contributed by atoms with E-state index in [0.29, 0.717) is 12.3 Å². The van der Waals surface area contributed by atoms with E-state index >= 15 is 0 Å². The molecule has 2 aromatic heterocycles. The van der Waals surface area contributed by atoms with Crippen LogP contribution in [0.15, 0.2) is 12.3 Å². The number of nitrogens with zero attached hydrogens (tertiary/aromatic N) is 4. The highest BCUT2D eigenvalue weighted by Gasteiger charge is 2.17. The Balaban J connectivity index is 1.92. The van der Waals surface area contributed by atoms with Crippen molar-refractivity contribution in [3.8, 4) is 0 Å². The first-order valence-electron chi connectivity index (χ1n) is 7.00. The van der Waals surface area contributed by atoms with Crippen LogP contribution in [-0.2, 0) is 0 Å². The molecule has 0 atom stereocenters. The highest BCUT2D eigenvalue weighted by atomic mass is 16.3. The zero-order valence-corrected chi connectivity index (χ0v) is 12.6. The molecule has 0 bridgehead atoms. The van der Waals surface area contributed by atoms with Crippen LogP contribution in [0.4, 0.5) is 0 Å². The fourth-order valence-corrected chi connectivity index (χ4v) is 1.93. The first-order chi connectivity index (χ1) is 9.93. The van der Waals surface area contributed by atoms with E-state index in [1.807, 2.05) is 20.8 Å². The maximum absolute atomic E-state index is 12.0. The Morgan fingerprint density at radius 3 is 2.90 bits per heavy atom. The Morgan fingerprint density at radius 2 is 2.24 bits per heavy atom. The molecule has 2 rings (SSSR count). The van der Waals surface area contributed by atoms with Crippen LogP contribution in [-0.4, -0.2) is 43.7 Å². The van der Waals surface area contributed by atoms with E-state index < -0.39 is 0 Å². The number of carbonyl (C=O) groups excluding carboxylic acids is 1. The normalized spacial score (nSPS) is 11.8. The highest BCUT2D eigenvalue weighted by Crippen LogP contribution is 2.20. The number of amides is 1. The van der Waals surface area contributed by atoms with E-state index in [0.717, 1.165) is 18.5 Å². The van der Waals surface area contributed by atoms with Gasteiger partial charge in [0.2, 0.25) is 5.82 Å². The maximum atomic E-state index is 12.0. The topological polar surface area (TPSA) is 92.4 Å². The quantitative estimate of drug-likeness (QED) is 0.773. The Labute approximate surface area is 123 Å². The molecule has 1 amide bonds. The maximum Gasteiger partial charge on any atom is 0.291 e. The Kier molecular flexibility index (Phi) is 4.52. The SMILES string of the molecule is Cc1ccnc2nc(C(=O)NCCCC(C)(C)CO)nn12. The van der Waals surface area contributed by atoms with E-state index in [1.165, 1.54) is 0 Å². The summed E-state index contributed by atoms with van der Waals surface area (Å²) in [5.41, 5.74) is 0.754. The number of hydrogen-bond acceptors (Lipinski definition) is 5. The number of aliphatic hydroxyl groups is 1. The van der Waals surface area contributed by atoms with Crippen molar-refractivity contribution in [3.05, 3.63) is 23.8 Å². The molecule has 0 aliphatic carbocycles. The monoisotopic (exact) mass is 291 g/mol. The molecule has 7 heteroatoms. The van der Waals surface area contributed by atoms with Gasteiger partial charge in [-0.1, -0.05) is 13.8 Å². The number of rotatable bonds is 6. The van der Waals surface area contributed by atoms with Crippen LogP contribution in [0.1, 0.15) is 43.0 Å². The van der Waals surface area contributed by atoms with Gasteiger partial charge >= 0.3 is 0 Å². The van der Waals surface area contributed by atoms with Crippen LogP contribution in [0.3, 0.4) is 0 Å². The third kappa shape index (κ3) is 3.75. The van der Waals surface area contributed by atoms with Gasteiger partial charge in [-0.3, -0.25) is 4.79 Å². The summed E-state index contributed by atoms with van der Waals surface area (Å²) in [6.45, 7) is 6.53. The summed E-state index contributed by atoms with van der Waals surface area (Å²) >= 11 is 0. The molecule has 0 aliphatic heterocycles. The van der Waals surface area contributed by atoms with Gasteiger partial charge in [0.05, 0.1) is 0 Å². The number of carbonyl (C=O) groups is 1. The predicted molar refractivity (Wildman–Crippen MR) is 78.0 cm³/mol. The lowest BCUT2D eigenvalue weighted by atomic mass is 9.89. The van der Waals surface area contributed by atoms with Crippen LogP contribution < -0.4 is 5.32 Å². The van der Waals surface area contributed by atoms with Crippen molar-refractivity contribution in [2.24, 2.45) is 5.41 Å². The summed E-state index contributed by atoms with van der Waals surface area (Å²) in [7, 11) is 0. The molecule has 0 radical (unpaired) electrons. The molecule has 0 saturated carbocycles. The molecule has 0 fully saturated rings. The number of aliphatic hydroxyl groups excluding tert-OH is 1. The first kappa shape index (κ1) is 15.4. The second kappa shape index (κ2) is 6.17. The number of hydrogen-bond donors (Lipinski definition) is 2.